The minimum Gasteiger partial charge on any atom is -0.487 e. The van der Waals surface area contributed by atoms with Crippen LogP contribution in [0.1, 0.15) is 25.3 Å². The van der Waals surface area contributed by atoms with Crippen molar-refractivity contribution >= 4 is 5.71 Å². The molecule has 1 fully saturated rings. The maximum Gasteiger partial charge on any atom is 0.129 e. The minimum atomic E-state index is 0.0939. The predicted molar refractivity (Wildman–Crippen MR) is 64.9 cm³/mol. The van der Waals surface area contributed by atoms with Crippen molar-refractivity contribution in [3.8, 4) is 5.75 Å². The van der Waals surface area contributed by atoms with E-state index in [1.165, 1.54) is 0 Å². The first-order valence-electron chi connectivity index (χ1n) is 5.83. The molecule has 1 aliphatic heterocycles. The van der Waals surface area contributed by atoms with Gasteiger partial charge in [-0.3, -0.25) is 0 Å². The number of benzene rings is 1. The molecule has 0 aromatic heterocycles. The lowest BCUT2D eigenvalue weighted by molar-refractivity contribution is 0.00735. The summed E-state index contributed by atoms with van der Waals surface area (Å²) in [6, 6.07) is 7.58. The van der Waals surface area contributed by atoms with Crippen LogP contribution in [0.25, 0.3) is 0 Å². The lowest BCUT2D eigenvalue weighted by Crippen LogP contribution is -2.28. The van der Waals surface area contributed by atoms with E-state index in [4.69, 9.17) is 14.7 Å². The van der Waals surface area contributed by atoms with Crippen LogP contribution in [-0.2, 0) is 4.74 Å². The van der Waals surface area contributed by atoms with Gasteiger partial charge in [0.25, 0.3) is 0 Å². The second kappa shape index (κ2) is 5.68. The molecular weight excluding hydrogens is 218 g/mol. The SMILES string of the molecule is C/C(=N/O)c1ccccc1OC1CCCOC1. The molecule has 17 heavy (non-hydrogen) atoms. The van der Waals surface area contributed by atoms with Crippen molar-refractivity contribution in [2.75, 3.05) is 13.2 Å². The van der Waals surface area contributed by atoms with Crippen molar-refractivity contribution in [1.29, 1.82) is 0 Å². The predicted octanol–water partition coefficient (Wildman–Crippen LogP) is 2.44. The molecule has 1 aliphatic rings. The molecule has 1 aromatic rings. The van der Waals surface area contributed by atoms with Gasteiger partial charge in [-0.15, -0.1) is 0 Å². The smallest absolute Gasteiger partial charge is 0.129 e. The monoisotopic (exact) mass is 235 g/mol. The minimum absolute atomic E-state index is 0.0939. The van der Waals surface area contributed by atoms with Crippen LogP contribution in [0.4, 0.5) is 0 Å². The van der Waals surface area contributed by atoms with Crippen LogP contribution in [0.15, 0.2) is 29.4 Å². The highest BCUT2D eigenvalue weighted by Crippen LogP contribution is 2.22. The zero-order valence-electron chi connectivity index (χ0n) is 9.93. The van der Waals surface area contributed by atoms with E-state index in [2.05, 4.69) is 5.16 Å². The number of oxime groups is 1. The van der Waals surface area contributed by atoms with Crippen LogP contribution in [0.2, 0.25) is 0 Å². The van der Waals surface area contributed by atoms with Crippen LogP contribution in [0.3, 0.4) is 0 Å². The van der Waals surface area contributed by atoms with E-state index in [9.17, 15) is 0 Å². The maximum atomic E-state index is 8.83. The molecule has 1 atom stereocenters. The highest BCUT2D eigenvalue weighted by molar-refractivity contribution is 6.00. The Kier molecular flexibility index (Phi) is 3.98. The summed E-state index contributed by atoms with van der Waals surface area (Å²) in [5.41, 5.74) is 1.37. The first-order valence-corrected chi connectivity index (χ1v) is 5.83. The number of hydrogen-bond donors (Lipinski definition) is 1. The highest BCUT2D eigenvalue weighted by atomic mass is 16.5. The fourth-order valence-electron chi connectivity index (χ4n) is 1.91. The Morgan fingerprint density at radius 2 is 2.29 bits per heavy atom. The van der Waals surface area contributed by atoms with Crippen LogP contribution >= 0.6 is 0 Å². The van der Waals surface area contributed by atoms with E-state index in [1.807, 2.05) is 24.3 Å². The molecule has 0 spiro atoms. The number of rotatable bonds is 3. The second-order valence-corrected chi connectivity index (χ2v) is 4.14. The molecule has 0 aliphatic carbocycles. The number of para-hydroxylation sites is 1. The summed E-state index contributed by atoms with van der Waals surface area (Å²) < 4.78 is 11.3. The molecule has 1 heterocycles. The Bertz CT molecular complexity index is 397. The number of ether oxygens (including phenoxy) is 2. The molecule has 0 bridgehead atoms. The average molecular weight is 235 g/mol. The molecule has 1 saturated heterocycles. The Balaban J connectivity index is 2.14. The normalized spacial score (nSPS) is 21.2. The third kappa shape index (κ3) is 2.97. The van der Waals surface area contributed by atoms with Gasteiger partial charge in [-0.25, -0.2) is 0 Å². The summed E-state index contributed by atoms with van der Waals surface area (Å²) in [6.45, 7) is 3.20. The molecule has 4 heteroatoms. The zero-order valence-corrected chi connectivity index (χ0v) is 9.93. The van der Waals surface area contributed by atoms with Gasteiger partial charge in [-0.1, -0.05) is 17.3 Å². The third-order valence-corrected chi connectivity index (χ3v) is 2.84. The van der Waals surface area contributed by atoms with Crippen molar-refractivity contribution in [1.82, 2.24) is 0 Å². The molecule has 1 aromatic carbocycles. The quantitative estimate of drug-likeness (QED) is 0.497. The van der Waals surface area contributed by atoms with Crippen LogP contribution in [0, 0.1) is 0 Å². The average Bonchev–Trinajstić information content (AvgIpc) is 2.40. The van der Waals surface area contributed by atoms with Crippen LogP contribution in [0.5, 0.6) is 5.75 Å². The molecule has 1 unspecified atom stereocenters. The number of hydrogen-bond acceptors (Lipinski definition) is 4. The van der Waals surface area contributed by atoms with Crippen LogP contribution in [-0.4, -0.2) is 30.2 Å². The zero-order chi connectivity index (χ0) is 12.1. The topological polar surface area (TPSA) is 51.1 Å². The maximum absolute atomic E-state index is 8.83. The summed E-state index contributed by atoms with van der Waals surface area (Å²) >= 11 is 0. The third-order valence-electron chi connectivity index (χ3n) is 2.84. The summed E-state index contributed by atoms with van der Waals surface area (Å²) in [7, 11) is 0. The number of nitrogens with zero attached hydrogens (tertiary/aromatic N) is 1. The molecule has 0 amide bonds. The van der Waals surface area contributed by atoms with E-state index in [0.29, 0.717) is 12.3 Å². The van der Waals surface area contributed by atoms with Gasteiger partial charge in [0.1, 0.15) is 11.9 Å². The first-order chi connectivity index (χ1) is 8.31. The van der Waals surface area contributed by atoms with Crippen molar-refractivity contribution in [2.24, 2.45) is 5.16 Å². The Labute approximate surface area is 101 Å². The van der Waals surface area contributed by atoms with Crippen molar-refractivity contribution in [2.45, 2.75) is 25.9 Å². The van der Waals surface area contributed by atoms with Gasteiger partial charge in [0, 0.05) is 12.2 Å². The summed E-state index contributed by atoms with van der Waals surface area (Å²) in [4.78, 5) is 0. The van der Waals surface area contributed by atoms with Gasteiger partial charge in [0.15, 0.2) is 0 Å². The van der Waals surface area contributed by atoms with Gasteiger partial charge in [-0.2, -0.15) is 0 Å². The Morgan fingerprint density at radius 3 is 3.00 bits per heavy atom. The Hall–Kier alpha value is -1.55. The fraction of sp³-hybridized carbons (Fsp3) is 0.462. The van der Waals surface area contributed by atoms with Gasteiger partial charge in [0.05, 0.1) is 12.3 Å². The van der Waals surface area contributed by atoms with Gasteiger partial charge < -0.3 is 14.7 Å². The molecular formula is C13H17NO3. The molecule has 4 nitrogen and oxygen atoms in total. The molecule has 0 saturated carbocycles. The Morgan fingerprint density at radius 1 is 1.47 bits per heavy atom. The lowest BCUT2D eigenvalue weighted by Gasteiger charge is -2.24. The lowest BCUT2D eigenvalue weighted by atomic mass is 10.1. The molecule has 92 valence electrons. The molecule has 1 N–H and O–H groups in total. The van der Waals surface area contributed by atoms with Crippen molar-refractivity contribution in [3.63, 3.8) is 0 Å². The summed E-state index contributed by atoms with van der Waals surface area (Å²) in [5.74, 6) is 0.748. The van der Waals surface area contributed by atoms with E-state index in [-0.39, 0.29) is 6.10 Å². The molecule has 0 radical (unpaired) electrons. The van der Waals surface area contributed by atoms with Crippen molar-refractivity contribution in [3.05, 3.63) is 29.8 Å². The fourth-order valence-corrected chi connectivity index (χ4v) is 1.91. The van der Waals surface area contributed by atoms with E-state index in [0.717, 1.165) is 30.8 Å². The van der Waals surface area contributed by atoms with E-state index >= 15 is 0 Å². The van der Waals surface area contributed by atoms with Gasteiger partial charge >= 0.3 is 0 Å². The van der Waals surface area contributed by atoms with Crippen molar-refractivity contribution < 1.29 is 14.7 Å². The first kappa shape index (κ1) is 11.9. The second-order valence-electron chi connectivity index (χ2n) is 4.14. The van der Waals surface area contributed by atoms with Gasteiger partial charge in [0.2, 0.25) is 0 Å². The summed E-state index contributed by atoms with van der Waals surface area (Å²) in [5, 5.41) is 12.0. The molecule has 2 rings (SSSR count). The van der Waals surface area contributed by atoms with E-state index in [1.54, 1.807) is 6.92 Å². The highest BCUT2D eigenvalue weighted by Gasteiger charge is 2.17. The van der Waals surface area contributed by atoms with Crippen LogP contribution < -0.4 is 4.74 Å². The summed E-state index contributed by atoms with van der Waals surface area (Å²) in [6.07, 6.45) is 2.13. The van der Waals surface area contributed by atoms with Gasteiger partial charge in [-0.05, 0) is 31.9 Å². The largest absolute Gasteiger partial charge is 0.487 e. The van der Waals surface area contributed by atoms with E-state index < -0.39 is 0 Å². The standard InChI is InChI=1S/C13H17NO3/c1-10(14-15)12-6-2-3-7-13(12)17-11-5-4-8-16-9-11/h2-3,6-7,11,15H,4-5,8-9H2,1H3/b14-10-.